The molecule has 3 aromatic heterocycles. The van der Waals surface area contributed by atoms with E-state index in [2.05, 4.69) is 25.5 Å². The van der Waals surface area contributed by atoms with Crippen molar-refractivity contribution >= 4 is 33.1 Å². The molecule has 3 aromatic rings. The Morgan fingerprint density at radius 3 is 2.95 bits per heavy atom. The van der Waals surface area contributed by atoms with Crippen LogP contribution in [-0.2, 0) is 12.8 Å². The van der Waals surface area contributed by atoms with Crippen LogP contribution in [0, 0.1) is 0 Å². The van der Waals surface area contributed by atoms with Crippen molar-refractivity contribution in [2.75, 3.05) is 5.43 Å². The van der Waals surface area contributed by atoms with Crippen molar-refractivity contribution < 1.29 is 0 Å². The Bertz CT molecular complexity index is 854. The Hall–Kier alpha value is -2.34. The molecule has 0 spiro atoms. The average Bonchev–Trinajstić information content (AvgIpc) is 3.14. The number of fused-ring (bicyclic) bond motifs is 3. The average molecular weight is 309 g/mol. The molecule has 0 bridgehead atoms. The lowest BCUT2D eigenvalue weighted by Crippen LogP contribution is -2.01. The number of aromatic nitrogens is 3. The van der Waals surface area contributed by atoms with E-state index in [-0.39, 0.29) is 0 Å². The van der Waals surface area contributed by atoms with Crippen molar-refractivity contribution in [2.45, 2.75) is 26.2 Å². The number of rotatable bonds is 3. The number of thiophene rings is 1. The van der Waals surface area contributed by atoms with Gasteiger partial charge >= 0.3 is 0 Å². The number of hydrazone groups is 1. The van der Waals surface area contributed by atoms with Crippen molar-refractivity contribution in [3.8, 4) is 0 Å². The van der Waals surface area contributed by atoms with Gasteiger partial charge in [0.1, 0.15) is 11.2 Å². The van der Waals surface area contributed by atoms with Crippen LogP contribution < -0.4 is 5.43 Å². The SMILES string of the molecule is C/C(=N/Nc1ncnc2sc3c(c12)CCC3)c1ccncc1. The normalized spacial score (nSPS) is 14.3. The number of pyridine rings is 1. The van der Waals surface area contributed by atoms with Gasteiger partial charge in [0.05, 0.1) is 11.1 Å². The van der Waals surface area contributed by atoms with Crippen molar-refractivity contribution in [3.05, 3.63) is 46.9 Å². The van der Waals surface area contributed by atoms with E-state index in [1.165, 1.54) is 16.9 Å². The molecule has 1 N–H and O–H groups in total. The molecule has 1 aliphatic rings. The van der Waals surface area contributed by atoms with Crippen LogP contribution in [0.3, 0.4) is 0 Å². The molecule has 0 saturated heterocycles. The van der Waals surface area contributed by atoms with E-state index in [9.17, 15) is 0 Å². The van der Waals surface area contributed by atoms with Crippen molar-refractivity contribution in [2.24, 2.45) is 5.10 Å². The molecule has 0 aliphatic heterocycles. The van der Waals surface area contributed by atoms with E-state index in [0.29, 0.717) is 0 Å². The zero-order valence-electron chi connectivity index (χ0n) is 12.2. The maximum absolute atomic E-state index is 4.47. The van der Waals surface area contributed by atoms with E-state index in [4.69, 9.17) is 0 Å². The molecule has 3 heterocycles. The van der Waals surface area contributed by atoms with Gasteiger partial charge in [-0.15, -0.1) is 11.3 Å². The first-order valence-electron chi connectivity index (χ1n) is 7.29. The number of anilines is 1. The van der Waals surface area contributed by atoms with Crippen molar-refractivity contribution in [1.82, 2.24) is 15.0 Å². The van der Waals surface area contributed by atoms with Gasteiger partial charge in [0.2, 0.25) is 0 Å². The van der Waals surface area contributed by atoms with Crippen LogP contribution >= 0.6 is 11.3 Å². The summed E-state index contributed by atoms with van der Waals surface area (Å²) < 4.78 is 0. The van der Waals surface area contributed by atoms with Crippen LogP contribution in [0.4, 0.5) is 5.82 Å². The van der Waals surface area contributed by atoms with Gasteiger partial charge in [-0.3, -0.25) is 10.4 Å². The summed E-state index contributed by atoms with van der Waals surface area (Å²) in [5.41, 5.74) is 6.48. The maximum Gasteiger partial charge on any atom is 0.158 e. The highest BCUT2D eigenvalue weighted by atomic mass is 32.1. The molecule has 0 fully saturated rings. The minimum absolute atomic E-state index is 0.804. The number of aryl methyl sites for hydroxylation is 2. The fourth-order valence-electron chi connectivity index (χ4n) is 2.81. The smallest absolute Gasteiger partial charge is 0.158 e. The summed E-state index contributed by atoms with van der Waals surface area (Å²) in [5.74, 6) is 0.804. The van der Waals surface area contributed by atoms with E-state index >= 15 is 0 Å². The van der Waals surface area contributed by atoms with Gasteiger partial charge < -0.3 is 0 Å². The van der Waals surface area contributed by atoms with Gasteiger partial charge in [-0.25, -0.2) is 9.97 Å². The lowest BCUT2D eigenvalue weighted by atomic mass is 10.2. The van der Waals surface area contributed by atoms with Gasteiger partial charge in [-0.1, -0.05) is 0 Å². The second-order valence-electron chi connectivity index (χ2n) is 5.30. The van der Waals surface area contributed by atoms with Crippen LogP contribution in [0.1, 0.15) is 29.3 Å². The van der Waals surface area contributed by atoms with Crippen LogP contribution in [-0.4, -0.2) is 20.7 Å². The summed E-state index contributed by atoms with van der Waals surface area (Å²) >= 11 is 1.78. The standard InChI is InChI=1S/C16H15N5S/c1-10(11-5-7-17-8-6-11)20-21-15-14-12-3-2-4-13(12)22-16(14)19-9-18-15/h5-9H,2-4H2,1H3,(H,18,19,21)/b20-10-. The Kier molecular flexibility index (Phi) is 3.31. The van der Waals surface area contributed by atoms with Gasteiger partial charge in [0.25, 0.3) is 0 Å². The summed E-state index contributed by atoms with van der Waals surface area (Å²) in [5, 5.41) is 5.62. The van der Waals surface area contributed by atoms with Crippen LogP contribution in [0.25, 0.3) is 10.2 Å². The number of hydrogen-bond acceptors (Lipinski definition) is 6. The monoisotopic (exact) mass is 309 g/mol. The molecule has 0 unspecified atom stereocenters. The van der Waals surface area contributed by atoms with E-state index in [1.807, 2.05) is 19.1 Å². The Labute approximate surface area is 132 Å². The zero-order chi connectivity index (χ0) is 14.9. The third-order valence-electron chi connectivity index (χ3n) is 3.93. The van der Waals surface area contributed by atoms with Gasteiger partial charge in [0.15, 0.2) is 5.82 Å². The van der Waals surface area contributed by atoms with E-state index in [0.717, 1.165) is 40.2 Å². The van der Waals surface area contributed by atoms with E-state index in [1.54, 1.807) is 30.1 Å². The number of hydrogen-bond donors (Lipinski definition) is 1. The highest BCUT2D eigenvalue weighted by Crippen LogP contribution is 2.38. The first-order chi connectivity index (χ1) is 10.8. The number of nitrogens with one attached hydrogen (secondary N) is 1. The summed E-state index contributed by atoms with van der Waals surface area (Å²) in [4.78, 5) is 15.3. The largest absolute Gasteiger partial charge is 0.265 e. The lowest BCUT2D eigenvalue weighted by molar-refractivity contribution is 0.917. The minimum atomic E-state index is 0.804. The summed E-state index contributed by atoms with van der Waals surface area (Å²) in [6.45, 7) is 1.97. The molecular formula is C16H15N5S. The molecule has 4 rings (SSSR count). The van der Waals surface area contributed by atoms with Crippen molar-refractivity contribution in [3.63, 3.8) is 0 Å². The first kappa shape index (κ1) is 13.3. The maximum atomic E-state index is 4.47. The molecule has 5 nitrogen and oxygen atoms in total. The topological polar surface area (TPSA) is 63.1 Å². The Morgan fingerprint density at radius 2 is 2.09 bits per heavy atom. The quantitative estimate of drug-likeness (QED) is 0.595. The summed E-state index contributed by atoms with van der Waals surface area (Å²) in [6, 6.07) is 3.89. The van der Waals surface area contributed by atoms with Crippen LogP contribution in [0.5, 0.6) is 0 Å². The van der Waals surface area contributed by atoms with E-state index < -0.39 is 0 Å². The molecule has 0 aromatic carbocycles. The predicted octanol–water partition coefficient (Wildman–Crippen LogP) is 3.41. The molecule has 0 atom stereocenters. The predicted molar refractivity (Wildman–Crippen MR) is 89.5 cm³/mol. The molecule has 0 amide bonds. The van der Waals surface area contributed by atoms with Gasteiger partial charge in [-0.05, 0) is 43.9 Å². The molecule has 0 saturated carbocycles. The first-order valence-corrected chi connectivity index (χ1v) is 8.10. The fourth-order valence-corrected chi connectivity index (χ4v) is 4.04. The molecule has 0 radical (unpaired) electrons. The summed E-state index contributed by atoms with van der Waals surface area (Å²) in [6.07, 6.45) is 8.64. The van der Waals surface area contributed by atoms with Crippen LogP contribution in [0.2, 0.25) is 0 Å². The zero-order valence-corrected chi connectivity index (χ0v) is 13.0. The molecular weight excluding hydrogens is 294 g/mol. The minimum Gasteiger partial charge on any atom is -0.265 e. The second kappa shape index (κ2) is 5.46. The Balaban J connectivity index is 1.70. The van der Waals surface area contributed by atoms with Crippen molar-refractivity contribution in [1.29, 1.82) is 0 Å². The van der Waals surface area contributed by atoms with Crippen LogP contribution in [0.15, 0.2) is 36.0 Å². The Morgan fingerprint density at radius 1 is 1.23 bits per heavy atom. The molecule has 1 aliphatic carbocycles. The van der Waals surface area contributed by atoms with Gasteiger partial charge in [0, 0.05) is 22.8 Å². The number of nitrogens with zero attached hydrogens (tertiary/aromatic N) is 4. The summed E-state index contributed by atoms with van der Waals surface area (Å²) in [7, 11) is 0. The fraction of sp³-hybridized carbons (Fsp3) is 0.250. The van der Waals surface area contributed by atoms with Gasteiger partial charge in [-0.2, -0.15) is 5.10 Å². The molecule has 22 heavy (non-hydrogen) atoms. The molecule has 110 valence electrons. The highest BCUT2D eigenvalue weighted by molar-refractivity contribution is 7.19. The lowest BCUT2D eigenvalue weighted by Gasteiger charge is -2.05. The molecule has 6 heteroatoms. The second-order valence-corrected chi connectivity index (χ2v) is 6.39. The third-order valence-corrected chi connectivity index (χ3v) is 5.13. The third kappa shape index (κ3) is 2.25. The highest BCUT2D eigenvalue weighted by Gasteiger charge is 2.20.